The van der Waals surface area contributed by atoms with Crippen LogP contribution in [0.15, 0.2) is 16.8 Å². The van der Waals surface area contributed by atoms with Crippen molar-refractivity contribution in [3.8, 4) is 0 Å². The minimum absolute atomic E-state index is 0.232. The highest BCUT2D eigenvalue weighted by molar-refractivity contribution is 7.07. The Morgan fingerprint density at radius 2 is 2.11 bits per heavy atom. The maximum absolute atomic E-state index is 13.1. The molecule has 1 aliphatic carbocycles. The van der Waals surface area contributed by atoms with Gasteiger partial charge in [-0.1, -0.05) is 12.8 Å². The molecule has 0 spiro atoms. The monoisotopic (exact) mass is 292 g/mol. The summed E-state index contributed by atoms with van der Waals surface area (Å²) in [5.74, 6) is 3.87. The zero-order valence-corrected chi connectivity index (χ0v) is 11.4. The first kappa shape index (κ1) is 14.8. The molecule has 3 unspecified atom stereocenters. The lowest BCUT2D eigenvalue weighted by molar-refractivity contribution is -0.199. The van der Waals surface area contributed by atoms with Gasteiger partial charge in [-0.15, -0.1) is 0 Å². The maximum Gasteiger partial charge on any atom is 0.392 e. The number of thiophene rings is 1. The summed E-state index contributed by atoms with van der Waals surface area (Å²) < 4.78 is 39.3. The van der Waals surface area contributed by atoms with E-state index in [4.69, 9.17) is 5.84 Å². The van der Waals surface area contributed by atoms with Gasteiger partial charge in [-0.25, -0.2) is 0 Å². The van der Waals surface area contributed by atoms with Crippen LogP contribution in [0.5, 0.6) is 0 Å². The molecule has 2 rings (SSSR count). The third-order valence-corrected chi connectivity index (χ3v) is 4.74. The van der Waals surface area contributed by atoms with Crippen LogP contribution in [0.25, 0.3) is 0 Å². The Morgan fingerprint density at radius 3 is 2.68 bits per heavy atom. The third-order valence-electron chi connectivity index (χ3n) is 4.01. The first-order valence-electron chi connectivity index (χ1n) is 6.56. The summed E-state index contributed by atoms with van der Waals surface area (Å²) in [4.78, 5) is 0. The predicted octanol–water partition coefficient (Wildman–Crippen LogP) is 3.49. The Bertz CT molecular complexity index is 378. The fraction of sp³-hybridized carbons (Fsp3) is 0.692. The van der Waals surface area contributed by atoms with Crippen LogP contribution in [0.3, 0.4) is 0 Å². The molecular weight excluding hydrogens is 273 g/mol. The Morgan fingerprint density at radius 1 is 1.37 bits per heavy atom. The standard InChI is InChI=1S/C13H19F3N2S/c14-13(15,16)11-4-2-1-3-10(11)12(18-17)7-9-5-6-19-8-9/h5-6,8,10-12,18H,1-4,7,17H2. The largest absolute Gasteiger partial charge is 0.392 e. The molecule has 0 aliphatic heterocycles. The van der Waals surface area contributed by atoms with Crippen LogP contribution in [-0.4, -0.2) is 12.2 Å². The van der Waals surface area contributed by atoms with Gasteiger partial charge in [-0.2, -0.15) is 24.5 Å². The molecule has 108 valence electrons. The van der Waals surface area contributed by atoms with Crippen molar-refractivity contribution in [1.82, 2.24) is 5.43 Å². The second kappa shape index (κ2) is 6.24. The quantitative estimate of drug-likeness (QED) is 0.658. The summed E-state index contributed by atoms with van der Waals surface area (Å²) in [5.41, 5.74) is 3.67. The van der Waals surface area contributed by atoms with Crippen molar-refractivity contribution in [3.05, 3.63) is 22.4 Å². The molecule has 6 heteroatoms. The first-order chi connectivity index (χ1) is 9.02. The van der Waals surface area contributed by atoms with Gasteiger partial charge in [0, 0.05) is 6.04 Å². The number of halogens is 3. The Balaban J connectivity index is 2.10. The number of rotatable bonds is 4. The molecular formula is C13H19F3N2S. The minimum Gasteiger partial charge on any atom is -0.271 e. The molecule has 0 aromatic carbocycles. The van der Waals surface area contributed by atoms with Crippen molar-refractivity contribution >= 4 is 11.3 Å². The van der Waals surface area contributed by atoms with E-state index in [0.29, 0.717) is 19.3 Å². The van der Waals surface area contributed by atoms with Crippen LogP contribution in [0.4, 0.5) is 13.2 Å². The van der Waals surface area contributed by atoms with E-state index >= 15 is 0 Å². The van der Waals surface area contributed by atoms with Gasteiger partial charge in [0.25, 0.3) is 0 Å². The number of nitrogens with one attached hydrogen (secondary N) is 1. The van der Waals surface area contributed by atoms with Crippen molar-refractivity contribution in [3.63, 3.8) is 0 Å². The fourth-order valence-corrected chi connectivity index (χ4v) is 3.73. The second-order valence-electron chi connectivity index (χ2n) is 5.21. The van der Waals surface area contributed by atoms with E-state index in [2.05, 4.69) is 5.43 Å². The van der Waals surface area contributed by atoms with Gasteiger partial charge in [0.05, 0.1) is 5.92 Å². The van der Waals surface area contributed by atoms with Crippen LogP contribution in [0.2, 0.25) is 0 Å². The van der Waals surface area contributed by atoms with E-state index in [-0.39, 0.29) is 12.5 Å². The highest BCUT2D eigenvalue weighted by Gasteiger charge is 2.47. The molecule has 1 heterocycles. The van der Waals surface area contributed by atoms with Crippen molar-refractivity contribution < 1.29 is 13.2 Å². The summed E-state index contributed by atoms with van der Waals surface area (Å²) in [5, 5.41) is 3.90. The average Bonchev–Trinajstić information content (AvgIpc) is 2.88. The molecule has 1 aliphatic rings. The van der Waals surface area contributed by atoms with Crippen molar-refractivity contribution in [2.24, 2.45) is 17.7 Å². The van der Waals surface area contributed by atoms with E-state index in [1.807, 2.05) is 16.8 Å². The molecule has 2 nitrogen and oxygen atoms in total. The van der Waals surface area contributed by atoms with E-state index in [9.17, 15) is 13.2 Å². The summed E-state index contributed by atoms with van der Waals surface area (Å²) >= 11 is 1.55. The lowest BCUT2D eigenvalue weighted by Gasteiger charge is -2.37. The zero-order valence-electron chi connectivity index (χ0n) is 10.6. The lowest BCUT2D eigenvalue weighted by atomic mass is 9.73. The number of hydrogen-bond acceptors (Lipinski definition) is 3. The first-order valence-corrected chi connectivity index (χ1v) is 7.50. The molecule has 1 fully saturated rings. The highest BCUT2D eigenvalue weighted by atomic mass is 32.1. The van der Waals surface area contributed by atoms with E-state index in [0.717, 1.165) is 12.0 Å². The van der Waals surface area contributed by atoms with Crippen LogP contribution < -0.4 is 11.3 Å². The number of hydrogen-bond donors (Lipinski definition) is 2. The molecule has 1 saturated carbocycles. The Kier molecular flexibility index (Phi) is 4.86. The molecule has 1 aromatic rings. The molecule has 1 aromatic heterocycles. The summed E-state index contributed by atoms with van der Waals surface area (Å²) in [7, 11) is 0. The molecule has 3 N–H and O–H groups in total. The van der Waals surface area contributed by atoms with Gasteiger partial charge in [-0.3, -0.25) is 11.3 Å². The van der Waals surface area contributed by atoms with Crippen molar-refractivity contribution in [1.29, 1.82) is 0 Å². The minimum atomic E-state index is -4.12. The van der Waals surface area contributed by atoms with E-state index < -0.39 is 18.0 Å². The van der Waals surface area contributed by atoms with Crippen LogP contribution in [0.1, 0.15) is 31.2 Å². The van der Waals surface area contributed by atoms with E-state index in [1.165, 1.54) is 0 Å². The zero-order chi connectivity index (χ0) is 13.9. The van der Waals surface area contributed by atoms with Crippen LogP contribution >= 0.6 is 11.3 Å². The second-order valence-corrected chi connectivity index (χ2v) is 5.99. The normalized spacial score (nSPS) is 26.3. The summed E-state index contributed by atoms with van der Waals surface area (Å²) in [6.07, 6.45) is -1.19. The maximum atomic E-state index is 13.1. The average molecular weight is 292 g/mol. The van der Waals surface area contributed by atoms with Crippen molar-refractivity contribution in [2.45, 2.75) is 44.3 Å². The highest BCUT2D eigenvalue weighted by Crippen LogP contribution is 2.43. The third kappa shape index (κ3) is 3.70. The Hall–Kier alpha value is -0.590. The molecule has 0 radical (unpaired) electrons. The van der Waals surface area contributed by atoms with E-state index in [1.54, 1.807) is 11.3 Å². The number of hydrazine groups is 1. The summed E-state index contributed by atoms with van der Waals surface area (Å²) in [6.45, 7) is 0. The lowest BCUT2D eigenvalue weighted by Crippen LogP contribution is -2.49. The van der Waals surface area contributed by atoms with Gasteiger partial charge >= 0.3 is 6.18 Å². The smallest absolute Gasteiger partial charge is 0.271 e. The van der Waals surface area contributed by atoms with Crippen molar-refractivity contribution in [2.75, 3.05) is 0 Å². The SMILES string of the molecule is NNC(Cc1ccsc1)C1CCCCC1C(F)(F)F. The molecule has 0 amide bonds. The molecule has 0 bridgehead atoms. The summed E-state index contributed by atoms with van der Waals surface area (Å²) in [6, 6.07) is 1.64. The molecule has 3 atom stereocenters. The number of nitrogens with two attached hydrogens (primary N) is 1. The van der Waals surface area contributed by atoms with Crippen LogP contribution in [-0.2, 0) is 6.42 Å². The van der Waals surface area contributed by atoms with Gasteiger partial charge in [0.2, 0.25) is 0 Å². The fourth-order valence-electron chi connectivity index (χ4n) is 3.04. The topological polar surface area (TPSA) is 38.0 Å². The molecule has 0 saturated heterocycles. The van der Waals surface area contributed by atoms with Gasteiger partial charge in [0.15, 0.2) is 0 Å². The van der Waals surface area contributed by atoms with Gasteiger partial charge < -0.3 is 0 Å². The molecule has 19 heavy (non-hydrogen) atoms. The van der Waals surface area contributed by atoms with Gasteiger partial charge in [0.1, 0.15) is 0 Å². The predicted molar refractivity (Wildman–Crippen MR) is 70.6 cm³/mol. The van der Waals surface area contributed by atoms with Gasteiger partial charge in [-0.05, 0) is 47.6 Å². The van der Waals surface area contributed by atoms with Crippen LogP contribution in [0, 0.1) is 11.8 Å². The number of alkyl halides is 3. The Labute approximate surface area is 115 Å².